The Labute approximate surface area is 181 Å². The molecule has 0 radical (unpaired) electrons. The van der Waals surface area contributed by atoms with Crippen molar-refractivity contribution in [1.29, 1.82) is 0 Å². The minimum absolute atomic E-state index is 0.342. The minimum Gasteiger partial charge on any atom is -0.289 e. The fourth-order valence-electron chi connectivity index (χ4n) is 3.12. The number of hydrogen-bond acceptors (Lipinski definition) is 3. The van der Waals surface area contributed by atoms with E-state index in [2.05, 4.69) is 19.1 Å². The Balaban J connectivity index is 1.44. The molecule has 156 valence electrons. The fourth-order valence-corrected chi connectivity index (χ4v) is 4.19. The quantitative estimate of drug-likeness (QED) is 0.311. The van der Waals surface area contributed by atoms with Crippen molar-refractivity contribution in [2.75, 3.05) is 0 Å². The zero-order chi connectivity index (χ0) is 22.0. The zero-order valence-corrected chi connectivity index (χ0v) is 17.4. The van der Waals surface area contributed by atoms with Gasteiger partial charge in [0.2, 0.25) is 5.78 Å². The summed E-state index contributed by atoms with van der Waals surface area (Å²) in [5.41, 5.74) is 5.44. The summed E-state index contributed by atoms with van der Waals surface area (Å²) in [5.74, 6) is -1.74. The first-order chi connectivity index (χ1) is 14.8. The van der Waals surface area contributed by atoms with Crippen LogP contribution >= 0.6 is 11.3 Å². The number of alkyl halides is 3. The first-order valence-electron chi connectivity index (χ1n) is 9.63. The molecule has 4 rings (SSSR count). The maximum atomic E-state index is 12.4. The predicted octanol–water partition coefficient (Wildman–Crippen LogP) is 7.12. The molecule has 0 aliphatic rings. The largest absolute Gasteiger partial charge is 0.450 e. The van der Waals surface area contributed by atoms with Crippen molar-refractivity contribution < 1.29 is 18.0 Å². The number of thiazole rings is 1. The number of fused-ring (bicyclic) bond motifs is 1. The molecule has 6 heteroatoms. The molecule has 0 amide bonds. The molecule has 0 spiro atoms. The number of aromatic nitrogens is 1. The third kappa shape index (κ3) is 5.09. The maximum Gasteiger partial charge on any atom is 0.450 e. The van der Waals surface area contributed by atoms with E-state index in [4.69, 9.17) is 4.98 Å². The Morgan fingerprint density at radius 1 is 0.935 bits per heavy atom. The lowest BCUT2D eigenvalue weighted by Gasteiger charge is -2.05. The Bertz CT molecular complexity index is 1250. The molecule has 0 aliphatic heterocycles. The molecule has 31 heavy (non-hydrogen) atoms. The van der Waals surface area contributed by atoms with E-state index in [1.54, 1.807) is 35.6 Å². The van der Waals surface area contributed by atoms with Gasteiger partial charge in [-0.15, -0.1) is 11.3 Å². The van der Waals surface area contributed by atoms with Crippen LogP contribution in [0, 0.1) is 6.92 Å². The zero-order valence-electron chi connectivity index (χ0n) is 16.6. The van der Waals surface area contributed by atoms with E-state index in [9.17, 15) is 18.0 Å². The summed E-state index contributed by atoms with van der Waals surface area (Å²) >= 11 is 1.66. The van der Waals surface area contributed by atoms with Gasteiger partial charge in [0.05, 0.1) is 10.2 Å². The average Bonchev–Trinajstić information content (AvgIpc) is 3.16. The Kier molecular flexibility index (Phi) is 5.74. The number of carbonyl (C=O) groups excluding carboxylic acids is 1. The molecular formula is C25H18F3NOS. The normalized spacial score (nSPS) is 12.0. The van der Waals surface area contributed by atoms with E-state index in [1.807, 2.05) is 42.5 Å². The number of rotatable bonds is 5. The van der Waals surface area contributed by atoms with Crippen molar-refractivity contribution in [3.63, 3.8) is 0 Å². The number of hydrogen-bond donors (Lipinski definition) is 0. The molecule has 0 saturated carbocycles. The summed E-state index contributed by atoms with van der Waals surface area (Å²) in [5, 5.41) is 0.972. The second kappa shape index (κ2) is 8.47. The number of nitrogens with zero attached hydrogens (tertiary/aromatic N) is 1. The molecule has 0 fully saturated rings. The van der Waals surface area contributed by atoms with Crippen LogP contribution in [0.4, 0.5) is 13.2 Å². The van der Waals surface area contributed by atoms with Gasteiger partial charge in [0.1, 0.15) is 5.01 Å². The van der Waals surface area contributed by atoms with Crippen LogP contribution in [0.3, 0.4) is 0 Å². The summed E-state index contributed by atoms with van der Waals surface area (Å²) in [6, 6.07) is 20.8. The van der Waals surface area contributed by atoms with Crippen molar-refractivity contribution in [1.82, 2.24) is 4.98 Å². The van der Waals surface area contributed by atoms with Gasteiger partial charge in [-0.1, -0.05) is 66.7 Å². The third-order valence-corrected chi connectivity index (χ3v) is 5.90. The third-order valence-electron chi connectivity index (χ3n) is 4.83. The second-order valence-electron chi connectivity index (χ2n) is 7.28. The van der Waals surface area contributed by atoms with E-state index in [1.165, 1.54) is 10.3 Å². The number of ketones is 1. The van der Waals surface area contributed by atoms with Crippen molar-refractivity contribution in [2.24, 2.45) is 0 Å². The lowest BCUT2D eigenvalue weighted by Crippen LogP contribution is -2.24. The highest BCUT2D eigenvalue weighted by atomic mass is 32.1. The van der Waals surface area contributed by atoms with Gasteiger partial charge in [-0.25, -0.2) is 4.98 Å². The molecule has 1 aromatic heterocycles. The van der Waals surface area contributed by atoms with Crippen LogP contribution in [-0.4, -0.2) is 16.9 Å². The number of halogens is 3. The van der Waals surface area contributed by atoms with Gasteiger partial charge in [-0.05, 0) is 41.3 Å². The highest BCUT2D eigenvalue weighted by molar-refractivity contribution is 7.21. The molecule has 0 saturated heterocycles. The number of Topliss-reactive ketones (excluding diaryl/α,β-unsaturated/α-hetero) is 1. The first kappa shape index (κ1) is 21.0. The van der Waals surface area contributed by atoms with Crippen LogP contribution in [0.1, 0.15) is 22.3 Å². The van der Waals surface area contributed by atoms with E-state index in [-0.39, 0.29) is 0 Å². The van der Waals surface area contributed by atoms with Gasteiger partial charge < -0.3 is 0 Å². The molecule has 0 bridgehead atoms. The van der Waals surface area contributed by atoms with Gasteiger partial charge in [0, 0.05) is 12.0 Å². The summed E-state index contributed by atoms with van der Waals surface area (Å²) in [6.07, 6.45) is -1.62. The van der Waals surface area contributed by atoms with Crippen LogP contribution in [-0.2, 0) is 11.2 Å². The van der Waals surface area contributed by atoms with Gasteiger partial charge in [-0.2, -0.15) is 13.2 Å². The number of aryl methyl sites for hydroxylation is 1. The van der Waals surface area contributed by atoms with Crippen molar-refractivity contribution in [3.05, 3.63) is 89.0 Å². The van der Waals surface area contributed by atoms with Crippen LogP contribution in [0.25, 0.3) is 32.9 Å². The molecule has 2 nitrogen and oxygen atoms in total. The monoisotopic (exact) mass is 437 g/mol. The molecule has 0 atom stereocenters. The van der Waals surface area contributed by atoms with E-state index in [0.717, 1.165) is 27.2 Å². The van der Waals surface area contributed by atoms with Crippen LogP contribution in [0.5, 0.6) is 0 Å². The number of benzene rings is 3. The minimum atomic E-state index is -4.80. The molecule has 4 aromatic rings. The highest BCUT2D eigenvalue weighted by Crippen LogP contribution is 2.31. The Morgan fingerprint density at radius 3 is 2.16 bits per heavy atom. The van der Waals surface area contributed by atoms with E-state index >= 15 is 0 Å². The Morgan fingerprint density at radius 2 is 1.55 bits per heavy atom. The summed E-state index contributed by atoms with van der Waals surface area (Å²) < 4.78 is 38.3. The number of carbonyl (C=O) groups is 1. The summed E-state index contributed by atoms with van der Waals surface area (Å²) in [7, 11) is 0. The second-order valence-corrected chi connectivity index (χ2v) is 8.32. The van der Waals surface area contributed by atoms with E-state index in [0.29, 0.717) is 5.56 Å². The molecular weight excluding hydrogens is 419 g/mol. The predicted molar refractivity (Wildman–Crippen MR) is 120 cm³/mol. The van der Waals surface area contributed by atoms with Gasteiger partial charge in [-0.3, -0.25) is 4.79 Å². The van der Waals surface area contributed by atoms with Gasteiger partial charge >= 0.3 is 6.18 Å². The fraction of sp³-hybridized carbons (Fsp3) is 0.120. The lowest BCUT2D eigenvalue weighted by atomic mass is 10.1. The topological polar surface area (TPSA) is 30.0 Å². The Hall–Kier alpha value is -3.25. The smallest absolute Gasteiger partial charge is 0.289 e. The van der Waals surface area contributed by atoms with Crippen molar-refractivity contribution in [3.8, 4) is 10.6 Å². The summed E-state index contributed by atoms with van der Waals surface area (Å²) in [6.45, 7) is 2.07. The van der Waals surface area contributed by atoms with E-state index < -0.39 is 18.4 Å². The first-order valence-corrected chi connectivity index (χ1v) is 10.4. The van der Waals surface area contributed by atoms with Crippen molar-refractivity contribution in [2.45, 2.75) is 19.5 Å². The van der Waals surface area contributed by atoms with Gasteiger partial charge in [0.25, 0.3) is 0 Å². The molecule has 0 N–H and O–H groups in total. The standard InChI is InChI=1S/C25H18F3NOS/c1-16-2-13-21-22(14-16)31-24(29-21)20-11-9-18(10-12-20)4-3-17-5-7-19(8-6-17)15-23(30)25(26,27)28/h2-14H,15H2,1H3/b4-3+. The molecule has 1 heterocycles. The van der Waals surface area contributed by atoms with Crippen molar-refractivity contribution >= 4 is 39.5 Å². The SMILES string of the molecule is Cc1ccc2nc(-c3ccc(/C=C/c4ccc(CC(=O)C(F)(F)F)cc4)cc3)sc2c1. The molecule has 0 aliphatic carbocycles. The molecule has 3 aromatic carbocycles. The average molecular weight is 437 g/mol. The van der Waals surface area contributed by atoms with Gasteiger partial charge in [0.15, 0.2) is 0 Å². The van der Waals surface area contributed by atoms with Crippen LogP contribution in [0.15, 0.2) is 66.7 Å². The summed E-state index contributed by atoms with van der Waals surface area (Å²) in [4.78, 5) is 15.8. The lowest BCUT2D eigenvalue weighted by molar-refractivity contribution is -0.170. The van der Waals surface area contributed by atoms with Crippen LogP contribution in [0.2, 0.25) is 0 Å². The maximum absolute atomic E-state index is 12.4. The van der Waals surface area contributed by atoms with Crippen LogP contribution < -0.4 is 0 Å². The molecule has 0 unspecified atom stereocenters. The highest BCUT2D eigenvalue weighted by Gasteiger charge is 2.37.